The van der Waals surface area contributed by atoms with Crippen LogP contribution in [-0.4, -0.2) is 74.4 Å². The molecule has 0 saturated heterocycles. The van der Waals surface area contributed by atoms with E-state index in [0.717, 1.165) is 12.5 Å². The van der Waals surface area contributed by atoms with Gasteiger partial charge in [-0.3, -0.25) is 0 Å². The van der Waals surface area contributed by atoms with Crippen LogP contribution in [0.5, 0.6) is 0 Å². The lowest BCUT2D eigenvalue weighted by molar-refractivity contribution is -0.127. The van der Waals surface area contributed by atoms with Gasteiger partial charge in [0.05, 0.1) is 0 Å². The van der Waals surface area contributed by atoms with Crippen LogP contribution in [0.2, 0.25) is 6.04 Å². The summed E-state index contributed by atoms with van der Waals surface area (Å²) < 4.78 is 33.0. The molecule has 0 aliphatic rings. The summed E-state index contributed by atoms with van der Waals surface area (Å²) in [5.41, 5.74) is 0. The van der Waals surface area contributed by atoms with Crippen molar-refractivity contribution in [2.24, 2.45) is 0 Å². The lowest BCUT2D eigenvalue weighted by Crippen LogP contribution is -2.68. The van der Waals surface area contributed by atoms with Gasteiger partial charge < -0.3 is 28.4 Å². The fourth-order valence-corrected chi connectivity index (χ4v) is 7.82. The zero-order valence-corrected chi connectivity index (χ0v) is 14.9. The zero-order valence-electron chi connectivity index (χ0n) is 13.2. The van der Waals surface area contributed by atoms with Gasteiger partial charge in [0, 0.05) is 48.5 Å². The second-order valence-electron chi connectivity index (χ2n) is 4.31. The number of rotatable bonds is 12. The van der Waals surface area contributed by atoms with Crippen LogP contribution in [0.15, 0.2) is 0 Å². The minimum atomic E-state index is -2.62. The van der Waals surface area contributed by atoms with Gasteiger partial charge in [-0.25, -0.2) is 0 Å². The molecule has 0 radical (unpaired) electrons. The Morgan fingerprint density at radius 3 is 1.20 bits per heavy atom. The van der Waals surface area contributed by atoms with Gasteiger partial charge in [-0.05, 0) is 12.5 Å². The highest BCUT2D eigenvalue weighted by molar-refractivity contribution is 6.82. The van der Waals surface area contributed by atoms with Crippen LogP contribution in [0.1, 0.15) is 6.42 Å². The van der Waals surface area contributed by atoms with E-state index in [9.17, 15) is 0 Å². The molecular weight excluding hydrogens is 304 g/mol. The third kappa shape index (κ3) is 4.38. The molecule has 0 spiro atoms. The van der Waals surface area contributed by atoms with E-state index in [0.29, 0.717) is 5.88 Å². The molecule has 0 heterocycles. The van der Waals surface area contributed by atoms with Gasteiger partial charge in [0.25, 0.3) is 0 Å². The van der Waals surface area contributed by atoms with Crippen molar-refractivity contribution in [1.29, 1.82) is 0 Å². The van der Waals surface area contributed by atoms with Crippen molar-refractivity contribution >= 4 is 19.7 Å². The molecular formula is C12H27ClO6Si. The third-order valence-electron chi connectivity index (χ3n) is 3.34. The van der Waals surface area contributed by atoms with E-state index in [1.165, 1.54) is 0 Å². The Labute approximate surface area is 127 Å². The second kappa shape index (κ2) is 10.9. The Morgan fingerprint density at radius 2 is 1.00 bits per heavy atom. The molecule has 0 unspecified atom stereocenters. The Hall–Kier alpha value is 0.267. The highest BCUT2D eigenvalue weighted by atomic mass is 35.5. The van der Waals surface area contributed by atoms with Gasteiger partial charge in [-0.15, -0.1) is 11.6 Å². The van der Waals surface area contributed by atoms with Gasteiger partial charge >= 0.3 is 0 Å². The zero-order chi connectivity index (χ0) is 15.6. The van der Waals surface area contributed by atoms with Gasteiger partial charge in [-0.1, -0.05) is 0 Å². The molecule has 0 aromatic rings. The molecule has 0 rings (SSSR count). The van der Waals surface area contributed by atoms with Gasteiger partial charge in [0.2, 0.25) is 8.07 Å². The molecule has 0 aliphatic heterocycles. The molecule has 0 fully saturated rings. The summed E-state index contributed by atoms with van der Waals surface area (Å²) in [6.07, 6.45) is 0.767. The highest BCUT2D eigenvalue weighted by Crippen LogP contribution is 2.31. The minimum absolute atomic E-state index is 0.500. The topological polar surface area (TPSA) is 55.4 Å². The standard InChI is InChI=1S/C12H27ClO6Si/c1-14-10(15-2)20(9-7-8-13,11(16-3)17-4)12(18-5)19-6/h10-12H,7-9H2,1-6H3. The average Bonchev–Trinajstić information content (AvgIpc) is 2.48. The van der Waals surface area contributed by atoms with Gasteiger partial charge in [-0.2, -0.15) is 0 Å². The summed E-state index contributed by atoms with van der Waals surface area (Å²) >= 11 is 5.86. The molecule has 0 N–H and O–H groups in total. The summed E-state index contributed by atoms with van der Waals surface area (Å²) in [6.45, 7) is 0. The molecule has 122 valence electrons. The quantitative estimate of drug-likeness (QED) is 0.307. The lowest BCUT2D eigenvalue weighted by Gasteiger charge is -2.44. The van der Waals surface area contributed by atoms with Crippen molar-refractivity contribution < 1.29 is 28.4 Å². The Morgan fingerprint density at radius 1 is 0.700 bits per heavy atom. The van der Waals surface area contributed by atoms with Crippen molar-refractivity contribution in [3.63, 3.8) is 0 Å². The molecule has 0 aliphatic carbocycles. The normalized spacial score (nSPS) is 12.9. The first-order valence-corrected chi connectivity index (χ1v) is 9.32. The first kappa shape index (κ1) is 20.3. The van der Waals surface area contributed by atoms with E-state index in [4.69, 9.17) is 40.0 Å². The van der Waals surface area contributed by atoms with Crippen LogP contribution in [0.25, 0.3) is 0 Å². The van der Waals surface area contributed by atoms with Crippen LogP contribution >= 0.6 is 11.6 Å². The average molecular weight is 331 g/mol. The predicted octanol–water partition coefficient (Wildman–Crippen LogP) is 1.54. The number of ether oxygens (including phenoxy) is 6. The minimum Gasteiger partial charge on any atom is -0.359 e. The Bertz CT molecular complexity index is 203. The van der Waals surface area contributed by atoms with Gasteiger partial charge in [0.1, 0.15) is 0 Å². The van der Waals surface area contributed by atoms with E-state index in [2.05, 4.69) is 0 Å². The molecule has 0 bridgehead atoms. The summed E-state index contributed by atoms with van der Waals surface area (Å²) in [6, 6.07) is 0.724. The van der Waals surface area contributed by atoms with Crippen LogP contribution in [0.3, 0.4) is 0 Å². The molecule has 8 heteroatoms. The molecule has 0 aromatic heterocycles. The molecule has 0 saturated carbocycles. The molecule has 20 heavy (non-hydrogen) atoms. The first-order chi connectivity index (χ1) is 9.62. The largest absolute Gasteiger partial charge is 0.359 e. The number of halogens is 1. The lowest BCUT2D eigenvalue weighted by atomic mass is 10.6. The summed E-state index contributed by atoms with van der Waals surface area (Å²) in [5, 5.41) is 0. The number of hydrogen-bond donors (Lipinski definition) is 0. The molecule has 0 amide bonds. The first-order valence-electron chi connectivity index (χ1n) is 6.35. The van der Waals surface area contributed by atoms with Crippen LogP contribution in [0.4, 0.5) is 0 Å². The predicted molar refractivity (Wildman–Crippen MR) is 79.3 cm³/mol. The van der Waals surface area contributed by atoms with Crippen molar-refractivity contribution in [2.75, 3.05) is 48.5 Å². The molecule has 0 aromatic carbocycles. The molecule has 0 atom stereocenters. The third-order valence-corrected chi connectivity index (χ3v) is 8.88. The SMILES string of the molecule is COC(OC)[Si](CCCCl)(C(OC)OC)C(OC)OC. The summed E-state index contributed by atoms with van der Waals surface area (Å²) in [4.78, 5) is 0. The van der Waals surface area contributed by atoms with Crippen molar-refractivity contribution in [3.8, 4) is 0 Å². The fourth-order valence-electron chi connectivity index (χ4n) is 2.67. The van der Waals surface area contributed by atoms with Crippen molar-refractivity contribution in [1.82, 2.24) is 0 Å². The van der Waals surface area contributed by atoms with E-state index in [-0.39, 0.29) is 0 Å². The van der Waals surface area contributed by atoms with Crippen LogP contribution < -0.4 is 0 Å². The van der Waals surface area contributed by atoms with E-state index in [1.54, 1.807) is 42.7 Å². The molecule has 6 nitrogen and oxygen atoms in total. The maximum Gasteiger partial charge on any atom is 0.249 e. The van der Waals surface area contributed by atoms with E-state index >= 15 is 0 Å². The fraction of sp³-hybridized carbons (Fsp3) is 1.00. The Kier molecular flexibility index (Phi) is 11.1. The van der Waals surface area contributed by atoms with Gasteiger partial charge in [0.15, 0.2) is 17.7 Å². The smallest absolute Gasteiger partial charge is 0.249 e. The maximum absolute atomic E-state index is 5.86. The van der Waals surface area contributed by atoms with E-state index < -0.39 is 25.8 Å². The van der Waals surface area contributed by atoms with Crippen molar-refractivity contribution in [2.45, 2.75) is 30.2 Å². The number of alkyl halides is 1. The Balaban J connectivity index is 5.70. The van der Waals surface area contributed by atoms with E-state index in [1.807, 2.05) is 0 Å². The maximum atomic E-state index is 5.86. The van der Waals surface area contributed by atoms with Crippen LogP contribution in [-0.2, 0) is 28.4 Å². The van der Waals surface area contributed by atoms with Crippen LogP contribution in [0, 0.1) is 0 Å². The monoisotopic (exact) mass is 330 g/mol. The number of hydrogen-bond acceptors (Lipinski definition) is 6. The summed E-state index contributed by atoms with van der Waals surface area (Å²) in [7, 11) is 6.89. The number of methoxy groups -OCH3 is 6. The second-order valence-corrected chi connectivity index (χ2v) is 8.83. The van der Waals surface area contributed by atoms with Crippen molar-refractivity contribution in [3.05, 3.63) is 0 Å². The highest BCUT2D eigenvalue weighted by Gasteiger charge is 2.57. The summed E-state index contributed by atoms with van der Waals surface area (Å²) in [5.74, 6) is -0.976.